The van der Waals surface area contributed by atoms with Crippen molar-refractivity contribution in [2.45, 2.75) is 57.3 Å². The van der Waals surface area contributed by atoms with Crippen LogP contribution in [0.3, 0.4) is 0 Å². The molecule has 0 atom stereocenters. The second kappa shape index (κ2) is 11.8. The van der Waals surface area contributed by atoms with Crippen molar-refractivity contribution in [2.24, 2.45) is 5.92 Å². The molecule has 0 bridgehead atoms. The van der Waals surface area contributed by atoms with Crippen LogP contribution in [0.15, 0.2) is 48.5 Å². The number of hydrogen-bond acceptors (Lipinski definition) is 1. The molecule has 1 nitrogen and oxygen atoms in total. The van der Waals surface area contributed by atoms with Gasteiger partial charge in [0.2, 0.25) is 0 Å². The molecule has 0 radical (unpaired) electrons. The van der Waals surface area contributed by atoms with E-state index in [-0.39, 0.29) is 12.4 Å². The fraction of sp³-hybridized carbons (Fsp3) is 0.481. The Morgan fingerprint density at radius 2 is 1.63 bits per heavy atom. The highest BCUT2D eigenvalue weighted by atomic mass is 35.5. The number of likely N-dealkylation sites (tertiary alicyclic amines) is 1. The van der Waals surface area contributed by atoms with E-state index in [0.717, 1.165) is 36.1 Å². The lowest BCUT2D eigenvalue weighted by Gasteiger charge is -2.30. The van der Waals surface area contributed by atoms with Crippen LogP contribution in [0, 0.1) is 17.8 Å². The van der Waals surface area contributed by atoms with Crippen molar-refractivity contribution in [3.63, 3.8) is 0 Å². The first-order valence-corrected chi connectivity index (χ1v) is 11.7. The lowest BCUT2D eigenvalue weighted by atomic mass is 9.84. The van der Waals surface area contributed by atoms with Gasteiger partial charge in [-0.3, -0.25) is 4.90 Å². The average molecular weight is 442 g/mol. The molecule has 2 fully saturated rings. The van der Waals surface area contributed by atoms with Gasteiger partial charge >= 0.3 is 0 Å². The minimum atomic E-state index is 0. The van der Waals surface area contributed by atoms with Gasteiger partial charge in [0.05, 0.1) is 6.54 Å². The Bertz CT molecular complexity index is 838. The van der Waals surface area contributed by atoms with E-state index >= 15 is 0 Å². The van der Waals surface area contributed by atoms with E-state index in [0.29, 0.717) is 5.92 Å². The second-order valence-electron chi connectivity index (χ2n) is 8.78. The molecule has 1 aliphatic heterocycles. The molecule has 3 heteroatoms. The van der Waals surface area contributed by atoms with E-state index in [1.807, 2.05) is 0 Å². The molecule has 1 saturated heterocycles. The number of rotatable bonds is 4. The predicted molar refractivity (Wildman–Crippen MR) is 131 cm³/mol. The van der Waals surface area contributed by atoms with Crippen LogP contribution in [0.4, 0.5) is 0 Å². The van der Waals surface area contributed by atoms with E-state index in [9.17, 15) is 0 Å². The summed E-state index contributed by atoms with van der Waals surface area (Å²) in [6.45, 7) is 3.18. The molecule has 0 amide bonds. The Morgan fingerprint density at radius 1 is 0.900 bits per heavy atom. The van der Waals surface area contributed by atoms with Crippen LogP contribution >= 0.6 is 24.0 Å². The Labute approximate surface area is 193 Å². The molecule has 0 unspecified atom stereocenters. The lowest BCUT2D eigenvalue weighted by Crippen LogP contribution is -2.34. The number of nitrogens with zero attached hydrogens (tertiary/aromatic N) is 1. The Balaban J connectivity index is 0.00000256. The lowest BCUT2D eigenvalue weighted by molar-refractivity contribution is 0.203. The predicted octanol–water partition coefficient (Wildman–Crippen LogP) is 7.12. The topological polar surface area (TPSA) is 3.24 Å². The highest BCUT2D eigenvalue weighted by Crippen LogP contribution is 2.36. The molecule has 1 heterocycles. The van der Waals surface area contributed by atoms with Crippen LogP contribution in [0.1, 0.15) is 67.6 Å². The van der Waals surface area contributed by atoms with Crippen LogP contribution in [-0.2, 0) is 6.42 Å². The van der Waals surface area contributed by atoms with E-state index < -0.39 is 0 Å². The molecule has 160 valence electrons. The molecule has 1 saturated carbocycles. The largest absolute Gasteiger partial charge is 0.292 e. The van der Waals surface area contributed by atoms with Crippen LogP contribution < -0.4 is 0 Å². The molecule has 0 aromatic heterocycles. The number of hydrogen-bond donors (Lipinski definition) is 0. The molecule has 2 aromatic carbocycles. The fourth-order valence-corrected chi connectivity index (χ4v) is 5.23. The zero-order valence-corrected chi connectivity index (χ0v) is 19.4. The summed E-state index contributed by atoms with van der Waals surface area (Å²) in [6, 6.07) is 17.4. The van der Waals surface area contributed by atoms with Crippen LogP contribution in [0.25, 0.3) is 0 Å². The maximum Gasteiger partial charge on any atom is 0.0605 e. The molecular weight excluding hydrogens is 409 g/mol. The molecule has 4 rings (SSSR count). The summed E-state index contributed by atoms with van der Waals surface area (Å²) in [5.41, 5.74) is 3.85. The number of halogens is 2. The number of piperidine rings is 1. The van der Waals surface area contributed by atoms with Gasteiger partial charge in [0, 0.05) is 10.6 Å². The Morgan fingerprint density at radius 3 is 2.33 bits per heavy atom. The first-order chi connectivity index (χ1) is 14.3. The van der Waals surface area contributed by atoms with Gasteiger partial charge in [0.25, 0.3) is 0 Å². The van der Waals surface area contributed by atoms with E-state index in [4.69, 9.17) is 11.6 Å². The van der Waals surface area contributed by atoms with Crippen molar-refractivity contribution >= 4 is 24.0 Å². The molecule has 2 aromatic rings. The van der Waals surface area contributed by atoms with Gasteiger partial charge in [-0.25, -0.2) is 0 Å². The summed E-state index contributed by atoms with van der Waals surface area (Å²) in [5.74, 6) is 8.18. The minimum absolute atomic E-state index is 0. The summed E-state index contributed by atoms with van der Waals surface area (Å²) in [7, 11) is 0. The van der Waals surface area contributed by atoms with Gasteiger partial charge in [-0.15, -0.1) is 12.4 Å². The molecule has 0 spiro atoms. The van der Waals surface area contributed by atoms with Crippen molar-refractivity contribution in [3.05, 3.63) is 70.2 Å². The molecular formula is C27H33Cl2N. The maximum absolute atomic E-state index is 6.59. The quantitative estimate of drug-likeness (QED) is 0.456. The zero-order valence-electron chi connectivity index (χ0n) is 17.8. The van der Waals surface area contributed by atoms with Crippen molar-refractivity contribution in [2.75, 3.05) is 19.6 Å². The van der Waals surface area contributed by atoms with Crippen molar-refractivity contribution < 1.29 is 0 Å². The van der Waals surface area contributed by atoms with Crippen LogP contribution in [-0.4, -0.2) is 24.5 Å². The number of benzene rings is 2. The van der Waals surface area contributed by atoms with Gasteiger partial charge in [-0.2, -0.15) is 0 Å². The minimum Gasteiger partial charge on any atom is -0.292 e. The summed E-state index contributed by atoms with van der Waals surface area (Å²) >= 11 is 6.59. The van der Waals surface area contributed by atoms with Crippen molar-refractivity contribution in [1.29, 1.82) is 0 Å². The molecule has 1 aliphatic carbocycles. The molecule has 30 heavy (non-hydrogen) atoms. The monoisotopic (exact) mass is 441 g/mol. The third-order valence-electron chi connectivity index (χ3n) is 6.66. The fourth-order valence-electron chi connectivity index (χ4n) is 4.90. The Kier molecular flexibility index (Phi) is 9.13. The average Bonchev–Trinajstić information content (AvgIpc) is 2.76. The van der Waals surface area contributed by atoms with E-state index in [2.05, 4.69) is 65.3 Å². The van der Waals surface area contributed by atoms with Gasteiger partial charge in [-0.1, -0.05) is 79.1 Å². The first kappa shape index (κ1) is 23.2. The van der Waals surface area contributed by atoms with E-state index in [1.54, 1.807) is 0 Å². The summed E-state index contributed by atoms with van der Waals surface area (Å²) < 4.78 is 0. The summed E-state index contributed by atoms with van der Waals surface area (Å²) in [5, 5.41) is 0.908. The van der Waals surface area contributed by atoms with Crippen molar-refractivity contribution in [3.8, 4) is 11.8 Å². The van der Waals surface area contributed by atoms with Crippen molar-refractivity contribution in [1.82, 2.24) is 4.90 Å². The Hall–Kier alpha value is -1.46. The van der Waals surface area contributed by atoms with Gasteiger partial charge < -0.3 is 0 Å². The normalized spacial score (nSPS) is 18.3. The van der Waals surface area contributed by atoms with Gasteiger partial charge in [-0.05, 0) is 80.3 Å². The van der Waals surface area contributed by atoms with Crippen LogP contribution in [0.2, 0.25) is 5.02 Å². The summed E-state index contributed by atoms with van der Waals surface area (Å²) in [4.78, 5) is 2.49. The van der Waals surface area contributed by atoms with Gasteiger partial charge in [0.15, 0.2) is 0 Å². The second-order valence-corrected chi connectivity index (χ2v) is 9.19. The summed E-state index contributed by atoms with van der Waals surface area (Å²) in [6.07, 6.45) is 10.4. The van der Waals surface area contributed by atoms with Gasteiger partial charge in [0.1, 0.15) is 0 Å². The zero-order chi connectivity index (χ0) is 19.9. The van der Waals surface area contributed by atoms with E-state index in [1.165, 1.54) is 62.5 Å². The molecule has 0 N–H and O–H groups in total. The highest BCUT2D eigenvalue weighted by Gasteiger charge is 2.19. The standard InChI is InChI=1S/C27H32ClN.ClH/c28-27-21-23(13-14-26(27)25-11-5-2-6-12-25)10-7-17-29-18-15-24(16-19-29)20-22-8-3-1-4-9-22;/h1,3-4,8-9,13-14,21,24-25H,2,5-6,11-12,15-20H2;1H. The third-order valence-corrected chi connectivity index (χ3v) is 6.98. The first-order valence-electron chi connectivity index (χ1n) is 11.3. The van der Waals surface area contributed by atoms with Crippen LogP contribution in [0.5, 0.6) is 0 Å². The highest BCUT2D eigenvalue weighted by molar-refractivity contribution is 6.31. The SMILES string of the molecule is Cl.Clc1cc(C#CCN2CCC(Cc3ccccc3)CC2)ccc1C1CCCCC1. The maximum atomic E-state index is 6.59. The third kappa shape index (κ3) is 6.52. The smallest absolute Gasteiger partial charge is 0.0605 e. The molecule has 2 aliphatic rings.